The van der Waals surface area contributed by atoms with Crippen LogP contribution in [0, 0.1) is 0 Å². The van der Waals surface area contributed by atoms with Crippen LogP contribution in [0.5, 0.6) is 0 Å². The molecule has 0 aliphatic rings. The molecule has 164 valence electrons. The lowest BCUT2D eigenvalue weighted by atomic mass is 10.1. The topological polar surface area (TPSA) is 86.8 Å². The number of rotatable bonds is 8. The summed E-state index contributed by atoms with van der Waals surface area (Å²) in [6.45, 7) is 17.2. The first-order chi connectivity index (χ1) is 13.5. The van der Waals surface area contributed by atoms with Gasteiger partial charge in [0, 0.05) is 30.9 Å². The minimum Gasteiger partial charge on any atom is -0.444 e. The average molecular weight is 406 g/mol. The monoisotopic (exact) mass is 405 g/mol. The molecule has 0 fully saturated rings. The largest absolute Gasteiger partial charge is 0.444 e. The highest BCUT2D eigenvalue weighted by Crippen LogP contribution is 2.13. The van der Waals surface area contributed by atoms with Crippen LogP contribution in [-0.4, -0.2) is 49.4 Å². The first-order valence-electron chi connectivity index (χ1n) is 10.3. The molecule has 0 aliphatic heterocycles. The molecule has 1 aromatic rings. The summed E-state index contributed by atoms with van der Waals surface area (Å²) in [7, 11) is 0. The molecule has 0 unspecified atom stereocenters. The molecule has 0 saturated heterocycles. The van der Waals surface area contributed by atoms with E-state index >= 15 is 0 Å². The number of carbonyl (C=O) groups excluding carboxylic acids is 1. The van der Waals surface area contributed by atoms with E-state index in [1.54, 1.807) is 0 Å². The Morgan fingerprint density at radius 3 is 2.21 bits per heavy atom. The highest BCUT2D eigenvalue weighted by molar-refractivity contribution is 5.84. The van der Waals surface area contributed by atoms with Crippen molar-refractivity contribution in [3.63, 3.8) is 0 Å². The number of aliphatic imine (C=N–C) groups is 1. The SMILES string of the molecule is CCNC(=NCCNC(C)(C)C)NCCc1ccc(NC(=O)OC(C)(C)C)cc1. The summed E-state index contributed by atoms with van der Waals surface area (Å²) < 4.78 is 5.26. The number of nitrogens with one attached hydrogen (secondary N) is 4. The maximum absolute atomic E-state index is 11.8. The highest BCUT2D eigenvalue weighted by atomic mass is 16.6. The van der Waals surface area contributed by atoms with Crippen molar-refractivity contribution in [1.29, 1.82) is 0 Å². The molecule has 0 heterocycles. The summed E-state index contributed by atoms with van der Waals surface area (Å²) in [6, 6.07) is 7.78. The first-order valence-corrected chi connectivity index (χ1v) is 10.3. The molecule has 0 radical (unpaired) electrons. The average Bonchev–Trinajstić information content (AvgIpc) is 2.57. The van der Waals surface area contributed by atoms with E-state index in [1.807, 2.05) is 45.0 Å². The van der Waals surface area contributed by atoms with Gasteiger partial charge in [-0.1, -0.05) is 12.1 Å². The standard InChI is InChI=1S/C22H39N5O2/c1-8-23-19(25-15-16-26-21(2,3)4)24-14-13-17-9-11-18(12-10-17)27-20(28)29-22(5,6)7/h9-12,26H,8,13-16H2,1-7H3,(H,27,28)(H2,23,24,25). The van der Waals surface area contributed by atoms with E-state index in [9.17, 15) is 4.79 Å². The van der Waals surface area contributed by atoms with Crippen LogP contribution < -0.4 is 21.3 Å². The molecular weight excluding hydrogens is 366 g/mol. The van der Waals surface area contributed by atoms with Gasteiger partial charge in [0.25, 0.3) is 0 Å². The Hall–Kier alpha value is -2.28. The minimum atomic E-state index is -0.510. The van der Waals surface area contributed by atoms with Crippen molar-refractivity contribution in [2.75, 3.05) is 31.5 Å². The molecular formula is C22H39N5O2. The summed E-state index contributed by atoms with van der Waals surface area (Å²) in [5.41, 5.74) is 1.49. The Balaban J connectivity index is 2.43. The van der Waals surface area contributed by atoms with Gasteiger partial charge in [-0.3, -0.25) is 10.3 Å². The van der Waals surface area contributed by atoms with Gasteiger partial charge in [-0.2, -0.15) is 0 Å². The molecule has 4 N–H and O–H groups in total. The second-order valence-electron chi connectivity index (χ2n) is 8.94. The zero-order valence-electron chi connectivity index (χ0n) is 19.1. The molecule has 1 amide bonds. The van der Waals surface area contributed by atoms with Gasteiger partial charge < -0.3 is 20.7 Å². The maximum atomic E-state index is 11.8. The fraction of sp³-hybridized carbons (Fsp3) is 0.636. The van der Waals surface area contributed by atoms with Crippen molar-refractivity contribution in [2.45, 2.75) is 66.0 Å². The van der Waals surface area contributed by atoms with Crippen LogP contribution >= 0.6 is 0 Å². The fourth-order valence-corrected chi connectivity index (χ4v) is 2.44. The number of ether oxygens (including phenoxy) is 1. The van der Waals surface area contributed by atoms with Crippen molar-refractivity contribution in [3.05, 3.63) is 29.8 Å². The second kappa shape index (κ2) is 11.7. The number of carbonyl (C=O) groups is 1. The van der Waals surface area contributed by atoms with Crippen molar-refractivity contribution in [1.82, 2.24) is 16.0 Å². The Morgan fingerprint density at radius 2 is 1.66 bits per heavy atom. The summed E-state index contributed by atoms with van der Waals surface area (Å²) in [4.78, 5) is 16.4. The van der Waals surface area contributed by atoms with E-state index in [-0.39, 0.29) is 5.54 Å². The van der Waals surface area contributed by atoms with Crippen LogP contribution in [-0.2, 0) is 11.2 Å². The van der Waals surface area contributed by atoms with E-state index in [4.69, 9.17) is 4.74 Å². The Morgan fingerprint density at radius 1 is 1.00 bits per heavy atom. The number of amides is 1. The first kappa shape index (κ1) is 24.8. The lowest BCUT2D eigenvalue weighted by Gasteiger charge is -2.20. The van der Waals surface area contributed by atoms with Crippen LogP contribution in [0.25, 0.3) is 0 Å². The fourth-order valence-electron chi connectivity index (χ4n) is 2.44. The number of benzene rings is 1. The second-order valence-corrected chi connectivity index (χ2v) is 8.94. The summed E-state index contributed by atoms with van der Waals surface area (Å²) in [5.74, 6) is 0.825. The lowest BCUT2D eigenvalue weighted by Crippen LogP contribution is -2.40. The van der Waals surface area contributed by atoms with E-state index in [0.29, 0.717) is 0 Å². The predicted molar refractivity (Wildman–Crippen MR) is 122 cm³/mol. The lowest BCUT2D eigenvalue weighted by molar-refractivity contribution is 0.0636. The molecule has 1 aromatic carbocycles. The molecule has 29 heavy (non-hydrogen) atoms. The van der Waals surface area contributed by atoms with Gasteiger partial charge in [0.2, 0.25) is 0 Å². The molecule has 7 nitrogen and oxygen atoms in total. The molecule has 0 atom stereocenters. The molecule has 0 bridgehead atoms. The van der Waals surface area contributed by atoms with Crippen LogP contribution in [0.2, 0.25) is 0 Å². The number of guanidine groups is 1. The van der Waals surface area contributed by atoms with E-state index in [0.717, 1.165) is 44.2 Å². The van der Waals surface area contributed by atoms with Gasteiger partial charge in [0.1, 0.15) is 5.60 Å². The molecule has 0 spiro atoms. The van der Waals surface area contributed by atoms with Gasteiger partial charge in [0.15, 0.2) is 5.96 Å². The van der Waals surface area contributed by atoms with E-state index in [2.05, 4.69) is 54.0 Å². The normalized spacial score (nSPS) is 12.4. The zero-order chi connectivity index (χ0) is 21.9. The van der Waals surface area contributed by atoms with Gasteiger partial charge in [-0.25, -0.2) is 4.79 Å². The summed E-state index contributed by atoms with van der Waals surface area (Å²) in [6.07, 6.45) is 0.413. The Kier molecular flexibility index (Phi) is 9.95. The zero-order valence-corrected chi connectivity index (χ0v) is 19.1. The van der Waals surface area contributed by atoms with Crippen molar-refractivity contribution in [3.8, 4) is 0 Å². The summed E-state index contributed by atoms with van der Waals surface area (Å²) in [5, 5.41) is 12.8. The molecule has 7 heteroatoms. The quantitative estimate of drug-likeness (QED) is 0.302. The third kappa shape index (κ3) is 12.7. The van der Waals surface area contributed by atoms with Crippen molar-refractivity contribution in [2.24, 2.45) is 4.99 Å². The third-order valence-corrected chi connectivity index (χ3v) is 3.69. The Bertz CT molecular complexity index is 643. The van der Waals surface area contributed by atoms with Gasteiger partial charge >= 0.3 is 6.09 Å². The molecule has 1 rings (SSSR count). The van der Waals surface area contributed by atoms with Gasteiger partial charge in [-0.15, -0.1) is 0 Å². The van der Waals surface area contributed by atoms with Gasteiger partial charge in [-0.05, 0) is 72.6 Å². The van der Waals surface area contributed by atoms with Crippen molar-refractivity contribution < 1.29 is 9.53 Å². The summed E-state index contributed by atoms with van der Waals surface area (Å²) >= 11 is 0. The number of hydrogen-bond acceptors (Lipinski definition) is 4. The van der Waals surface area contributed by atoms with Crippen LogP contribution in [0.4, 0.5) is 10.5 Å². The molecule has 0 saturated carbocycles. The van der Waals surface area contributed by atoms with E-state index in [1.165, 1.54) is 5.56 Å². The minimum absolute atomic E-state index is 0.103. The predicted octanol–water partition coefficient (Wildman–Crippen LogP) is 3.52. The molecule has 0 aromatic heterocycles. The number of hydrogen-bond donors (Lipinski definition) is 4. The highest BCUT2D eigenvalue weighted by Gasteiger charge is 2.16. The Labute approximate surface area is 176 Å². The van der Waals surface area contributed by atoms with Gasteiger partial charge in [0.05, 0.1) is 6.54 Å². The number of nitrogens with zero attached hydrogens (tertiary/aromatic N) is 1. The van der Waals surface area contributed by atoms with Crippen molar-refractivity contribution >= 4 is 17.7 Å². The van der Waals surface area contributed by atoms with Crippen LogP contribution in [0.3, 0.4) is 0 Å². The van der Waals surface area contributed by atoms with Crippen LogP contribution in [0.15, 0.2) is 29.3 Å². The maximum Gasteiger partial charge on any atom is 0.412 e. The third-order valence-electron chi connectivity index (χ3n) is 3.69. The smallest absolute Gasteiger partial charge is 0.412 e. The number of anilines is 1. The van der Waals surface area contributed by atoms with E-state index < -0.39 is 11.7 Å². The van der Waals surface area contributed by atoms with Crippen LogP contribution in [0.1, 0.15) is 54.0 Å². The molecule has 0 aliphatic carbocycles.